The van der Waals surface area contributed by atoms with E-state index in [1.165, 1.54) is 18.3 Å². The third kappa shape index (κ3) is 4.97. The Morgan fingerprint density at radius 1 is 1.03 bits per heavy atom. The van der Waals surface area contributed by atoms with Crippen LogP contribution in [0.1, 0.15) is 21.5 Å². The predicted octanol–water partition coefficient (Wildman–Crippen LogP) is 4.39. The molecule has 7 heteroatoms. The van der Waals surface area contributed by atoms with Crippen LogP contribution < -0.4 is 10.7 Å². The van der Waals surface area contributed by atoms with Crippen LogP contribution >= 0.6 is 12.2 Å². The fourth-order valence-corrected chi connectivity index (χ4v) is 2.98. The number of phenols is 1. The van der Waals surface area contributed by atoms with Gasteiger partial charge in [0.25, 0.3) is 0 Å². The van der Waals surface area contributed by atoms with Gasteiger partial charge in [-0.25, -0.2) is 4.79 Å². The average Bonchev–Trinajstić information content (AvgIpc) is 2.70. The highest BCUT2D eigenvalue weighted by atomic mass is 32.1. The fourth-order valence-electron chi connectivity index (χ4n) is 2.81. The number of carboxylic acid groups (broad SMARTS) is 1. The lowest BCUT2D eigenvalue weighted by Gasteiger charge is -2.10. The molecule has 0 heterocycles. The summed E-state index contributed by atoms with van der Waals surface area (Å²) in [5.41, 5.74) is 6.60. The van der Waals surface area contributed by atoms with Gasteiger partial charge in [0, 0.05) is 16.8 Å². The molecule has 29 heavy (non-hydrogen) atoms. The van der Waals surface area contributed by atoms with Gasteiger partial charge in [-0.2, -0.15) is 5.10 Å². The molecule has 0 aliphatic heterocycles. The highest BCUT2D eigenvalue weighted by molar-refractivity contribution is 7.80. The number of nitrogens with one attached hydrogen (secondary N) is 2. The number of rotatable bonds is 5. The van der Waals surface area contributed by atoms with E-state index < -0.39 is 5.97 Å². The minimum atomic E-state index is -1.02. The van der Waals surface area contributed by atoms with Crippen LogP contribution in [-0.2, 0) is 0 Å². The third-order valence-electron chi connectivity index (χ3n) is 4.24. The van der Waals surface area contributed by atoms with Crippen molar-refractivity contribution >= 4 is 35.2 Å². The maximum Gasteiger partial charge on any atom is 0.335 e. The smallest absolute Gasteiger partial charge is 0.335 e. The zero-order chi connectivity index (χ0) is 20.8. The minimum absolute atomic E-state index is 0.125. The van der Waals surface area contributed by atoms with Crippen molar-refractivity contribution in [2.24, 2.45) is 5.10 Å². The topological polar surface area (TPSA) is 94.0 Å². The molecule has 0 aliphatic carbocycles. The molecule has 0 aliphatic rings. The summed E-state index contributed by atoms with van der Waals surface area (Å²) >= 11 is 5.17. The summed E-state index contributed by atoms with van der Waals surface area (Å²) in [6, 6.07) is 19.5. The van der Waals surface area contributed by atoms with Gasteiger partial charge in [0.2, 0.25) is 0 Å². The second-order valence-electron chi connectivity index (χ2n) is 6.27. The molecule has 4 N–H and O–H groups in total. The number of aromatic hydroxyl groups is 1. The Labute approximate surface area is 173 Å². The van der Waals surface area contributed by atoms with Crippen LogP contribution in [0.15, 0.2) is 71.8 Å². The van der Waals surface area contributed by atoms with Crippen LogP contribution in [0.4, 0.5) is 5.69 Å². The summed E-state index contributed by atoms with van der Waals surface area (Å²) in [4.78, 5) is 11.0. The van der Waals surface area contributed by atoms with Crippen molar-refractivity contribution in [1.82, 2.24) is 5.43 Å². The Morgan fingerprint density at radius 2 is 1.76 bits per heavy atom. The van der Waals surface area contributed by atoms with Gasteiger partial charge in [-0.3, -0.25) is 5.43 Å². The fraction of sp³-hybridized carbons (Fsp3) is 0.0455. The SMILES string of the molecule is Cc1ccccc1-c1cccc(C=NNC(=S)Nc2cccc(C(=O)O)c2)c1O. The van der Waals surface area contributed by atoms with Crippen molar-refractivity contribution < 1.29 is 15.0 Å². The summed E-state index contributed by atoms with van der Waals surface area (Å²) in [5, 5.41) is 26.8. The Morgan fingerprint density at radius 3 is 2.52 bits per heavy atom. The Balaban J connectivity index is 1.70. The molecule has 3 aromatic carbocycles. The molecule has 0 saturated heterocycles. The molecule has 0 unspecified atom stereocenters. The lowest BCUT2D eigenvalue weighted by atomic mass is 9.98. The lowest BCUT2D eigenvalue weighted by molar-refractivity contribution is 0.0697. The van der Waals surface area contributed by atoms with Gasteiger partial charge in [-0.15, -0.1) is 0 Å². The van der Waals surface area contributed by atoms with E-state index >= 15 is 0 Å². The maximum absolute atomic E-state index is 11.0. The number of thiocarbonyl (C=S) groups is 1. The van der Waals surface area contributed by atoms with E-state index in [-0.39, 0.29) is 16.4 Å². The average molecular weight is 405 g/mol. The number of hydrogen-bond donors (Lipinski definition) is 4. The molecule has 0 amide bonds. The standard InChI is InChI=1S/C22H19N3O3S/c1-14-6-2-3-10-18(14)19-11-5-8-16(20(19)26)13-23-25-22(29)24-17-9-4-7-15(12-17)21(27)28/h2-13,26H,1H3,(H,27,28)(H2,24,25,29). The zero-order valence-corrected chi connectivity index (χ0v) is 16.4. The van der Waals surface area contributed by atoms with E-state index in [0.717, 1.165) is 16.7 Å². The molecule has 3 aromatic rings. The summed E-state index contributed by atoms with van der Waals surface area (Å²) in [6.45, 7) is 1.99. The first-order chi connectivity index (χ1) is 14.0. The molecule has 6 nitrogen and oxygen atoms in total. The molecule has 0 radical (unpaired) electrons. The normalized spacial score (nSPS) is 10.7. The molecule has 3 rings (SSSR count). The lowest BCUT2D eigenvalue weighted by Crippen LogP contribution is -2.24. The van der Waals surface area contributed by atoms with Gasteiger partial charge in [0.1, 0.15) is 5.75 Å². The Kier molecular flexibility index (Phi) is 6.21. The van der Waals surface area contributed by atoms with Gasteiger partial charge in [0.05, 0.1) is 11.8 Å². The van der Waals surface area contributed by atoms with Gasteiger partial charge in [0.15, 0.2) is 5.11 Å². The largest absolute Gasteiger partial charge is 0.507 e. The van der Waals surface area contributed by atoms with Crippen LogP contribution in [0, 0.1) is 6.92 Å². The number of anilines is 1. The predicted molar refractivity (Wildman–Crippen MR) is 119 cm³/mol. The molecule has 0 bridgehead atoms. The summed E-state index contributed by atoms with van der Waals surface area (Å²) in [7, 11) is 0. The number of carboxylic acids is 1. The van der Waals surface area contributed by atoms with Gasteiger partial charge < -0.3 is 15.5 Å². The van der Waals surface area contributed by atoms with Crippen molar-refractivity contribution in [3.05, 3.63) is 83.4 Å². The number of hydrazone groups is 1. The van der Waals surface area contributed by atoms with Crippen molar-refractivity contribution in [2.75, 3.05) is 5.32 Å². The van der Waals surface area contributed by atoms with Crippen molar-refractivity contribution in [3.8, 4) is 16.9 Å². The maximum atomic E-state index is 11.0. The van der Waals surface area contributed by atoms with Gasteiger partial charge >= 0.3 is 5.97 Å². The van der Waals surface area contributed by atoms with E-state index in [1.807, 2.05) is 43.3 Å². The Hall–Kier alpha value is -3.71. The quantitative estimate of drug-likeness (QED) is 0.286. The molecule has 0 aromatic heterocycles. The number of phenolic OH excluding ortho intramolecular Hbond substituents is 1. The number of aromatic carboxylic acids is 1. The van der Waals surface area contributed by atoms with E-state index in [1.54, 1.807) is 18.2 Å². The minimum Gasteiger partial charge on any atom is -0.507 e. The molecule has 146 valence electrons. The number of para-hydroxylation sites is 1. The van der Waals surface area contributed by atoms with Crippen molar-refractivity contribution in [1.29, 1.82) is 0 Å². The summed E-state index contributed by atoms with van der Waals surface area (Å²) in [6.07, 6.45) is 1.47. The number of benzene rings is 3. The Bertz CT molecular complexity index is 1100. The molecule has 0 saturated carbocycles. The van der Waals surface area contributed by atoms with E-state index in [2.05, 4.69) is 15.8 Å². The number of nitrogens with zero attached hydrogens (tertiary/aromatic N) is 1. The van der Waals surface area contributed by atoms with Gasteiger partial charge in [-0.05, 0) is 54.5 Å². The van der Waals surface area contributed by atoms with E-state index in [0.29, 0.717) is 11.3 Å². The van der Waals surface area contributed by atoms with Crippen molar-refractivity contribution in [2.45, 2.75) is 6.92 Å². The van der Waals surface area contributed by atoms with Crippen molar-refractivity contribution in [3.63, 3.8) is 0 Å². The highest BCUT2D eigenvalue weighted by Crippen LogP contribution is 2.33. The zero-order valence-electron chi connectivity index (χ0n) is 15.6. The summed E-state index contributed by atoms with van der Waals surface area (Å²) in [5.74, 6) is -0.894. The second kappa shape index (κ2) is 8.99. The van der Waals surface area contributed by atoms with Crippen LogP contribution in [0.3, 0.4) is 0 Å². The molecule has 0 atom stereocenters. The van der Waals surface area contributed by atoms with Crippen LogP contribution in [0.2, 0.25) is 0 Å². The number of carbonyl (C=O) groups is 1. The molecule has 0 spiro atoms. The monoisotopic (exact) mass is 405 g/mol. The molecular weight excluding hydrogens is 386 g/mol. The third-order valence-corrected chi connectivity index (χ3v) is 4.43. The molecule has 0 fully saturated rings. The van der Waals surface area contributed by atoms with Gasteiger partial charge in [-0.1, -0.05) is 42.5 Å². The number of aryl methyl sites for hydroxylation is 1. The second-order valence-corrected chi connectivity index (χ2v) is 6.68. The van der Waals surface area contributed by atoms with Crippen LogP contribution in [-0.4, -0.2) is 27.5 Å². The van der Waals surface area contributed by atoms with Crippen LogP contribution in [0.25, 0.3) is 11.1 Å². The molecular formula is C22H19N3O3S. The summed E-state index contributed by atoms with van der Waals surface area (Å²) < 4.78 is 0. The first kappa shape index (κ1) is 20.0. The first-order valence-corrected chi connectivity index (χ1v) is 9.18. The number of hydrogen-bond acceptors (Lipinski definition) is 4. The van der Waals surface area contributed by atoms with E-state index in [9.17, 15) is 9.90 Å². The van der Waals surface area contributed by atoms with Crippen LogP contribution in [0.5, 0.6) is 5.75 Å². The first-order valence-electron chi connectivity index (χ1n) is 8.77. The highest BCUT2D eigenvalue weighted by Gasteiger charge is 2.09. The van der Waals surface area contributed by atoms with E-state index in [4.69, 9.17) is 17.3 Å².